The lowest BCUT2D eigenvalue weighted by molar-refractivity contribution is -0.120. The number of anilines is 1. The van der Waals surface area contributed by atoms with Gasteiger partial charge in [-0.3, -0.25) is 4.79 Å². The lowest BCUT2D eigenvalue weighted by atomic mass is 9.97. The maximum atomic E-state index is 12.1. The summed E-state index contributed by atoms with van der Waals surface area (Å²) in [6.07, 6.45) is 3.84. The fourth-order valence-corrected chi connectivity index (χ4v) is 2.50. The van der Waals surface area contributed by atoms with Gasteiger partial charge in [0.15, 0.2) is 0 Å². The van der Waals surface area contributed by atoms with Gasteiger partial charge in [0.2, 0.25) is 5.91 Å². The summed E-state index contributed by atoms with van der Waals surface area (Å²) in [5.74, 6) is 0.120. The number of rotatable bonds is 6. The SMILES string of the molecule is CCCC(CCC)C(=O)Nc1cc(Cl)cc(Cl)c1. The molecule has 1 amide bonds. The average Bonchev–Trinajstić information content (AvgIpc) is 2.27. The summed E-state index contributed by atoms with van der Waals surface area (Å²) in [5.41, 5.74) is 0.662. The Bertz CT molecular complexity index is 381. The minimum Gasteiger partial charge on any atom is -0.326 e. The highest BCUT2D eigenvalue weighted by atomic mass is 35.5. The minimum atomic E-state index is 0.0528. The second-order valence-electron chi connectivity index (χ2n) is 4.42. The number of amides is 1. The van der Waals surface area contributed by atoms with Crippen LogP contribution in [-0.4, -0.2) is 5.91 Å². The van der Waals surface area contributed by atoms with E-state index in [2.05, 4.69) is 19.2 Å². The first kappa shape index (κ1) is 15.3. The predicted octanol–water partition coefficient (Wildman–Crippen LogP) is 5.15. The largest absolute Gasteiger partial charge is 0.326 e. The zero-order valence-electron chi connectivity index (χ0n) is 10.8. The monoisotopic (exact) mass is 287 g/mol. The molecule has 100 valence electrons. The molecule has 0 atom stereocenters. The topological polar surface area (TPSA) is 29.1 Å². The zero-order chi connectivity index (χ0) is 13.5. The molecule has 1 N–H and O–H groups in total. The molecular weight excluding hydrogens is 269 g/mol. The highest BCUT2D eigenvalue weighted by Gasteiger charge is 2.16. The Kier molecular flexibility index (Phi) is 6.51. The Morgan fingerprint density at radius 2 is 1.61 bits per heavy atom. The molecule has 0 heterocycles. The van der Waals surface area contributed by atoms with Gasteiger partial charge >= 0.3 is 0 Å². The number of hydrogen-bond donors (Lipinski definition) is 1. The molecule has 0 fully saturated rings. The number of benzene rings is 1. The summed E-state index contributed by atoms with van der Waals surface area (Å²) in [7, 11) is 0. The van der Waals surface area contributed by atoms with E-state index in [4.69, 9.17) is 23.2 Å². The third-order valence-electron chi connectivity index (χ3n) is 2.78. The second-order valence-corrected chi connectivity index (χ2v) is 5.29. The third kappa shape index (κ3) is 4.87. The van der Waals surface area contributed by atoms with Gasteiger partial charge in [-0.25, -0.2) is 0 Å². The van der Waals surface area contributed by atoms with Crippen molar-refractivity contribution in [1.82, 2.24) is 0 Å². The van der Waals surface area contributed by atoms with Gasteiger partial charge < -0.3 is 5.32 Å². The Hall–Kier alpha value is -0.730. The van der Waals surface area contributed by atoms with Gasteiger partial charge in [0.25, 0.3) is 0 Å². The Labute approximate surface area is 119 Å². The number of carbonyl (C=O) groups excluding carboxylic acids is 1. The molecule has 4 heteroatoms. The predicted molar refractivity (Wildman–Crippen MR) is 78.4 cm³/mol. The van der Waals surface area contributed by atoms with Crippen molar-refractivity contribution in [2.75, 3.05) is 5.32 Å². The molecule has 0 aliphatic heterocycles. The van der Waals surface area contributed by atoms with E-state index in [0.717, 1.165) is 25.7 Å². The normalized spacial score (nSPS) is 10.7. The zero-order valence-corrected chi connectivity index (χ0v) is 12.3. The first-order chi connectivity index (χ1) is 8.56. The number of hydrogen-bond acceptors (Lipinski definition) is 1. The molecule has 0 saturated carbocycles. The van der Waals surface area contributed by atoms with Crippen molar-refractivity contribution in [1.29, 1.82) is 0 Å². The van der Waals surface area contributed by atoms with Gasteiger partial charge in [-0.05, 0) is 31.0 Å². The van der Waals surface area contributed by atoms with Crippen LogP contribution in [0.1, 0.15) is 39.5 Å². The van der Waals surface area contributed by atoms with E-state index in [1.165, 1.54) is 0 Å². The molecule has 0 unspecified atom stereocenters. The van der Waals surface area contributed by atoms with Crippen molar-refractivity contribution in [2.24, 2.45) is 5.92 Å². The van der Waals surface area contributed by atoms with Crippen LogP contribution in [0, 0.1) is 5.92 Å². The summed E-state index contributed by atoms with van der Waals surface area (Å²) in [4.78, 5) is 12.1. The highest BCUT2D eigenvalue weighted by Crippen LogP contribution is 2.24. The molecule has 1 rings (SSSR count). The van der Waals surface area contributed by atoms with Crippen LogP contribution < -0.4 is 5.32 Å². The molecule has 0 aliphatic rings. The average molecular weight is 288 g/mol. The molecule has 0 bridgehead atoms. The summed E-state index contributed by atoms with van der Waals surface area (Å²) in [6.45, 7) is 4.18. The van der Waals surface area contributed by atoms with Gasteiger partial charge in [-0.1, -0.05) is 49.9 Å². The molecule has 1 aromatic rings. The molecule has 18 heavy (non-hydrogen) atoms. The van der Waals surface area contributed by atoms with Gasteiger partial charge in [0, 0.05) is 21.7 Å². The molecule has 0 spiro atoms. The fourth-order valence-electron chi connectivity index (χ4n) is 1.97. The van der Waals surface area contributed by atoms with E-state index in [1.54, 1.807) is 18.2 Å². The molecule has 0 aromatic heterocycles. The van der Waals surface area contributed by atoms with E-state index >= 15 is 0 Å². The maximum absolute atomic E-state index is 12.1. The highest BCUT2D eigenvalue weighted by molar-refractivity contribution is 6.35. The van der Waals surface area contributed by atoms with E-state index in [-0.39, 0.29) is 11.8 Å². The van der Waals surface area contributed by atoms with Crippen LogP contribution in [0.25, 0.3) is 0 Å². The van der Waals surface area contributed by atoms with Crippen LogP contribution in [0.3, 0.4) is 0 Å². The van der Waals surface area contributed by atoms with Gasteiger partial charge in [-0.15, -0.1) is 0 Å². The third-order valence-corrected chi connectivity index (χ3v) is 3.21. The molecule has 0 aliphatic carbocycles. The van der Waals surface area contributed by atoms with Crippen LogP contribution in [0.5, 0.6) is 0 Å². The Morgan fingerprint density at radius 3 is 2.06 bits per heavy atom. The van der Waals surface area contributed by atoms with Crippen molar-refractivity contribution in [3.63, 3.8) is 0 Å². The first-order valence-electron chi connectivity index (χ1n) is 6.33. The lowest BCUT2D eigenvalue weighted by Gasteiger charge is -2.15. The van der Waals surface area contributed by atoms with E-state index in [1.807, 2.05) is 0 Å². The Morgan fingerprint density at radius 1 is 1.11 bits per heavy atom. The van der Waals surface area contributed by atoms with Crippen molar-refractivity contribution in [2.45, 2.75) is 39.5 Å². The van der Waals surface area contributed by atoms with Crippen molar-refractivity contribution >= 4 is 34.8 Å². The smallest absolute Gasteiger partial charge is 0.227 e. The summed E-state index contributed by atoms with van der Waals surface area (Å²) in [6, 6.07) is 5.06. The quantitative estimate of drug-likeness (QED) is 0.770. The van der Waals surface area contributed by atoms with Crippen molar-refractivity contribution in [3.05, 3.63) is 28.2 Å². The van der Waals surface area contributed by atoms with Crippen LogP contribution in [0.4, 0.5) is 5.69 Å². The Balaban J connectivity index is 2.72. The van der Waals surface area contributed by atoms with Gasteiger partial charge in [0.1, 0.15) is 0 Å². The summed E-state index contributed by atoms with van der Waals surface area (Å²) in [5, 5.41) is 3.94. The number of halogens is 2. The lowest BCUT2D eigenvalue weighted by Crippen LogP contribution is -2.22. The summed E-state index contributed by atoms with van der Waals surface area (Å²) < 4.78 is 0. The van der Waals surface area contributed by atoms with Gasteiger partial charge in [-0.2, -0.15) is 0 Å². The molecule has 1 aromatic carbocycles. The summed E-state index contributed by atoms with van der Waals surface area (Å²) >= 11 is 11.8. The van der Waals surface area contributed by atoms with Crippen molar-refractivity contribution in [3.8, 4) is 0 Å². The van der Waals surface area contributed by atoms with Crippen LogP contribution in [0.15, 0.2) is 18.2 Å². The maximum Gasteiger partial charge on any atom is 0.227 e. The van der Waals surface area contributed by atoms with E-state index in [0.29, 0.717) is 15.7 Å². The van der Waals surface area contributed by atoms with Crippen molar-refractivity contribution < 1.29 is 4.79 Å². The number of carbonyl (C=O) groups is 1. The van der Waals surface area contributed by atoms with Crippen LogP contribution in [-0.2, 0) is 4.79 Å². The molecular formula is C14H19Cl2NO. The van der Waals surface area contributed by atoms with Gasteiger partial charge in [0.05, 0.1) is 0 Å². The van der Waals surface area contributed by atoms with E-state index < -0.39 is 0 Å². The standard InChI is InChI=1S/C14H19Cl2NO/c1-3-5-10(6-4-2)14(18)17-13-8-11(15)7-12(16)9-13/h7-10H,3-6H2,1-2H3,(H,17,18). The molecule has 0 radical (unpaired) electrons. The molecule has 0 saturated heterocycles. The molecule has 2 nitrogen and oxygen atoms in total. The number of nitrogens with one attached hydrogen (secondary N) is 1. The first-order valence-corrected chi connectivity index (χ1v) is 7.09. The van der Waals surface area contributed by atoms with E-state index in [9.17, 15) is 4.79 Å². The fraction of sp³-hybridized carbons (Fsp3) is 0.500. The minimum absolute atomic E-state index is 0.0528. The van der Waals surface area contributed by atoms with Crippen LogP contribution >= 0.6 is 23.2 Å². The second kappa shape index (κ2) is 7.65. The van der Waals surface area contributed by atoms with Crippen LogP contribution in [0.2, 0.25) is 10.0 Å².